The van der Waals surface area contributed by atoms with Crippen molar-refractivity contribution in [1.82, 2.24) is 5.32 Å². The quantitative estimate of drug-likeness (QED) is 0.688. The van der Waals surface area contributed by atoms with Gasteiger partial charge >= 0.3 is 0 Å². The molecule has 6 heteroatoms. The molecule has 4 nitrogen and oxygen atoms in total. The molecule has 1 aromatic heterocycles. The van der Waals surface area contributed by atoms with Crippen molar-refractivity contribution in [3.63, 3.8) is 0 Å². The molecule has 2 amide bonds. The van der Waals surface area contributed by atoms with Crippen molar-refractivity contribution in [2.24, 2.45) is 0 Å². The first-order valence-electron chi connectivity index (χ1n) is 8.09. The summed E-state index contributed by atoms with van der Waals surface area (Å²) in [5.41, 5.74) is 1.95. The van der Waals surface area contributed by atoms with Crippen LogP contribution >= 0.6 is 11.3 Å². The van der Waals surface area contributed by atoms with Crippen molar-refractivity contribution >= 4 is 28.8 Å². The first-order valence-corrected chi connectivity index (χ1v) is 8.97. The van der Waals surface area contributed by atoms with Gasteiger partial charge in [0.15, 0.2) is 0 Å². The molecule has 0 bridgehead atoms. The van der Waals surface area contributed by atoms with Gasteiger partial charge in [0.1, 0.15) is 5.82 Å². The molecular weight excluding hydrogens is 351 g/mol. The third-order valence-electron chi connectivity index (χ3n) is 3.74. The summed E-state index contributed by atoms with van der Waals surface area (Å²) >= 11 is 1.37. The Balaban J connectivity index is 1.51. The molecule has 0 spiro atoms. The maximum absolute atomic E-state index is 13.1. The van der Waals surface area contributed by atoms with Gasteiger partial charge in [-0.05, 0) is 59.8 Å². The monoisotopic (exact) mass is 368 g/mol. The lowest BCUT2D eigenvalue weighted by atomic mass is 10.1. The van der Waals surface area contributed by atoms with Crippen LogP contribution in [0.2, 0.25) is 0 Å². The van der Waals surface area contributed by atoms with Gasteiger partial charge in [-0.25, -0.2) is 4.39 Å². The second kappa shape index (κ2) is 8.40. The lowest BCUT2D eigenvalue weighted by Gasteiger charge is -2.07. The third kappa shape index (κ3) is 4.77. The lowest BCUT2D eigenvalue weighted by molar-refractivity contribution is 0.0953. The van der Waals surface area contributed by atoms with Crippen molar-refractivity contribution in [2.75, 3.05) is 11.9 Å². The Morgan fingerprint density at radius 1 is 0.962 bits per heavy atom. The van der Waals surface area contributed by atoms with Crippen LogP contribution in [0.4, 0.5) is 10.1 Å². The number of thiophene rings is 1. The zero-order chi connectivity index (χ0) is 18.4. The van der Waals surface area contributed by atoms with Crippen molar-refractivity contribution in [3.05, 3.63) is 87.9 Å². The van der Waals surface area contributed by atoms with E-state index < -0.39 is 0 Å². The summed E-state index contributed by atoms with van der Waals surface area (Å²) in [5, 5.41) is 7.43. The number of carbonyl (C=O) groups excluding carboxylic acids is 2. The minimum Gasteiger partial charge on any atom is -0.352 e. The van der Waals surface area contributed by atoms with Crippen LogP contribution in [0.3, 0.4) is 0 Å². The van der Waals surface area contributed by atoms with E-state index in [4.69, 9.17) is 0 Å². The SMILES string of the molecule is O=C(NCCc1cccc(F)c1)c1ccc(NC(=O)c2cccs2)cc1. The van der Waals surface area contributed by atoms with Gasteiger partial charge in [-0.1, -0.05) is 18.2 Å². The second-order valence-electron chi connectivity index (χ2n) is 5.64. The summed E-state index contributed by atoms with van der Waals surface area (Å²) in [4.78, 5) is 24.8. The van der Waals surface area contributed by atoms with E-state index in [1.807, 2.05) is 17.5 Å². The van der Waals surface area contributed by atoms with Crippen LogP contribution in [0, 0.1) is 5.82 Å². The molecule has 2 aromatic carbocycles. The van der Waals surface area contributed by atoms with Crippen LogP contribution in [0.5, 0.6) is 0 Å². The molecule has 0 aliphatic rings. The minimum atomic E-state index is -0.283. The topological polar surface area (TPSA) is 58.2 Å². The zero-order valence-electron chi connectivity index (χ0n) is 13.9. The number of carbonyl (C=O) groups is 2. The number of nitrogens with one attached hydrogen (secondary N) is 2. The molecule has 1 heterocycles. The number of rotatable bonds is 6. The van der Waals surface area contributed by atoms with E-state index in [2.05, 4.69) is 10.6 Å². The highest BCUT2D eigenvalue weighted by Gasteiger charge is 2.08. The van der Waals surface area contributed by atoms with Gasteiger partial charge < -0.3 is 10.6 Å². The third-order valence-corrected chi connectivity index (χ3v) is 4.61. The largest absolute Gasteiger partial charge is 0.352 e. The van der Waals surface area contributed by atoms with Crippen LogP contribution in [0.15, 0.2) is 66.0 Å². The first-order chi connectivity index (χ1) is 12.6. The molecule has 0 aliphatic carbocycles. The van der Waals surface area contributed by atoms with Crippen LogP contribution in [-0.2, 0) is 6.42 Å². The number of halogens is 1. The van der Waals surface area contributed by atoms with Gasteiger partial charge in [0, 0.05) is 17.8 Å². The summed E-state index contributed by atoms with van der Waals surface area (Å²) in [6, 6.07) is 16.6. The molecule has 26 heavy (non-hydrogen) atoms. The molecule has 0 fully saturated rings. The Morgan fingerprint density at radius 2 is 1.77 bits per heavy atom. The highest BCUT2D eigenvalue weighted by Crippen LogP contribution is 2.14. The van der Waals surface area contributed by atoms with Gasteiger partial charge in [-0.2, -0.15) is 0 Å². The van der Waals surface area contributed by atoms with Gasteiger partial charge in [-0.15, -0.1) is 11.3 Å². The molecule has 132 valence electrons. The van der Waals surface area contributed by atoms with E-state index in [0.717, 1.165) is 5.56 Å². The Morgan fingerprint density at radius 3 is 2.46 bits per heavy atom. The Bertz CT molecular complexity index is 892. The number of anilines is 1. The summed E-state index contributed by atoms with van der Waals surface area (Å²) in [6.07, 6.45) is 0.554. The zero-order valence-corrected chi connectivity index (χ0v) is 14.7. The maximum atomic E-state index is 13.1. The van der Waals surface area contributed by atoms with E-state index in [1.54, 1.807) is 36.4 Å². The highest BCUT2D eigenvalue weighted by atomic mass is 32.1. The fourth-order valence-electron chi connectivity index (χ4n) is 2.42. The average molecular weight is 368 g/mol. The number of benzene rings is 2. The minimum absolute atomic E-state index is 0.174. The van der Waals surface area contributed by atoms with E-state index >= 15 is 0 Å². The number of hydrogen-bond acceptors (Lipinski definition) is 3. The molecule has 2 N–H and O–H groups in total. The molecule has 0 saturated carbocycles. The first kappa shape index (κ1) is 17.8. The fourth-order valence-corrected chi connectivity index (χ4v) is 3.04. The summed E-state index contributed by atoms with van der Waals surface area (Å²) in [5.74, 6) is -0.668. The molecule has 3 rings (SSSR count). The van der Waals surface area contributed by atoms with Crippen molar-refractivity contribution in [1.29, 1.82) is 0 Å². The van der Waals surface area contributed by atoms with Crippen molar-refractivity contribution in [3.8, 4) is 0 Å². The smallest absolute Gasteiger partial charge is 0.265 e. The van der Waals surface area contributed by atoms with Crippen LogP contribution in [-0.4, -0.2) is 18.4 Å². The number of hydrogen-bond donors (Lipinski definition) is 2. The normalized spacial score (nSPS) is 10.3. The van der Waals surface area contributed by atoms with E-state index in [0.29, 0.717) is 29.1 Å². The van der Waals surface area contributed by atoms with Crippen LogP contribution in [0.25, 0.3) is 0 Å². The molecule has 0 atom stereocenters. The van der Waals surface area contributed by atoms with E-state index in [-0.39, 0.29) is 17.6 Å². The summed E-state index contributed by atoms with van der Waals surface area (Å²) in [7, 11) is 0. The molecule has 0 unspecified atom stereocenters. The van der Waals surface area contributed by atoms with Crippen molar-refractivity contribution in [2.45, 2.75) is 6.42 Å². The van der Waals surface area contributed by atoms with E-state index in [9.17, 15) is 14.0 Å². The molecular formula is C20H17FN2O2S. The molecule has 0 radical (unpaired) electrons. The second-order valence-corrected chi connectivity index (χ2v) is 6.59. The molecule has 3 aromatic rings. The molecule has 0 aliphatic heterocycles. The Kier molecular flexibility index (Phi) is 5.76. The Hall–Kier alpha value is -2.99. The summed E-state index contributed by atoms with van der Waals surface area (Å²) < 4.78 is 13.1. The fraction of sp³-hybridized carbons (Fsp3) is 0.100. The van der Waals surface area contributed by atoms with Crippen molar-refractivity contribution < 1.29 is 14.0 Å². The maximum Gasteiger partial charge on any atom is 0.265 e. The van der Waals surface area contributed by atoms with Gasteiger partial charge in [0.25, 0.3) is 11.8 Å². The van der Waals surface area contributed by atoms with E-state index in [1.165, 1.54) is 23.5 Å². The lowest BCUT2D eigenvalue weighted by Crippen LogP contribution is -2.25. The van der Waals surface area contributed by atoms with Gasteiger partial charge in [0.05, 0.1) is 4.88 Å². The predicted molar refractivity (Wildman–Crippen MR) is 101 cm³/mol. The van der Waals surface area contributed by atoms with Gasteiger partial charge in [0.2, 0.25) is 0 Å². The highest BCUT2D eigenvalue weighted by molar-refractivity contribution is 7.12. The Labute approximate surface area is 154 Å². The summed E-state index contributed by atoms with van der Waals surface area (Å²) in [6.45, 7) is 0.416. The predicted octanol–water partition coefficient (Wildman–Crippen LogP) is 4.11. The molecule has 0 saturated heterocycles. The number of amides is 2. The van der Waals surface area contributed by atoms with Crippen LogP contribution in [0.1, 0.15) is 25.6 Å². The van der Waals surface area contributed by atoms with Gasteiger partial charge in [-0.3, -0.25) is 9.59 Å². The average Bonchev–Trinajstić information content (AvgIpc) is 3.17. The van der Waals surface area contributed by atoms with Crippen LogP contribution < -0.4 is 10.6 Å². The standard InChI is InChI=1S/C20H17FN2O2S/c21-16-4-1-3-14(13-16)10-11-22-19(24)15-6-8-17(9-7-15)23-20(25)18-5-2-12-26-18/h1-9,12-13H,10-11H2,(H,22,24)(H,23,25).